The molecule has 0 spiro atoms. The van der Waals surface area contributed by atoms with Crippen molar-refractivity contribution in [3.8, 4) is 0 Å². The van der Waals surface area contributed by atoms with Crippen LogP contribution in [0.4, 0.5) is 0 Å². The van der Waals surface area contributed by atoms with Crippen LogP contribution in [0.2, 0.25) is 0 Å². The van der Waals surface area contributed by atoms with E-state index in [2.05, 4.69) is 48.9 Å². The molecule has 116 valence electrons. The van der Waals surface area contributed by atoms with Gasteiger partial charge < -0.3 is 10.6 Å². The smallest absolute Gasteiger partial charge is 0.0566 e. The van der Waals surface area contributed by atoms with Crippen LogP contribution in [0.3, 0.4) is 0 Å². The molecule has 0 aliphatic rings. The summed E-state index contributed by atoms with van der Waals surface area (Å²) >= 11 is 1.84. The van der Waals surface area contributed by atoms with Crippen LogP contribution < -0.4 is 5.73 Å². The van der Waals surface area contributed by atoms with Gasteiger partial charge in [0, 0.05) is 18.0 Å². The fraction of sp³-hybridized carbons (Fsp3) is 0.750. The highest BCUT2D eigenvalue weighted by molar-refractivity contribution is 7.10. The van der Waals surface area contributed by atoms with Crippen molar-refractivity contribution in [1.29, 1.82) is 0 Å². The van der Waals surface area contributed by atoms with Crippen molar-refractivity contribution < 1.29 is 0 Å². The average molecular weight is 298 g/mol. The van der Waals surface area contributed by atoms with Gasteiger partial charge in [-0.1, -0.05) is 20.8 Å². The van der Waals surface area contributed by atoms with Gasteiger partial charge in [0.2, 0.25) is 0 Å². The molecular formula is C16H31N3S. The third-order valence-corrected chi connectivity index (χ3v) is 5.21. The first-order valence-corrected chi connectivity index (χ1v) is 8.76. The van der Waals surface area contributed by atoms with E-state index >= 15 is 0 Å². The minimum absolute atomic E-state index is 0.386. The number of hydrogen-bond donors (Lipinski definition) is 1. The Morgan fingerprint density at radius 3 is 2.30 bits per heavy atom. The molecule has 0 fully saturated rings. The molecule has 0 aliphatic carbocycles. The molecule has 0 radical (unpaired) electrons. The summed E-state index contributed by atoms with van der Waals surface area (Å²) in [5.41, 5.74) is 7.43. The van der Waals surface area contributed by atoms with Crippen LogP contribution in [0.1, 0.15) is 43.7 Å². The third kappa shape index (κ3) is 4.85. The standard InChI is InChI=1S/C16H31N3S/c1-5-18(6-2)10-8-11-19(7-3)15(13-17)16-14(4)9-12-20-16/h9,12,15H,5-8,10-11,13,17H2,1-4H3. The zero-order valence-corrected chi connectivity index (χ0v) is 14.4. The van der Waals surface area contributed by atoms with Gasteiger partial charge >= 0.3 is 0 Å². The molecule has 0 bridgehead atoms. The highest BCUT2D eigenvalue weighted by atomic mass is 32.1. The Kier molecular flexibility index (Phi) is 8.38. The highest BCUT2D eigenvalue weighted by Crippen LogP contribution is 2.28. The fourth-order valence-electron chi connectivity index (χ4n) is 2.72. The normalized spacial score (nSPS) is 13.3. The summed E-state index contributed by atoms with van der Waals surface area (Å²) in [6.07, 6.45) is 1.22. The van der Waals surface area contributed by atoms with Crippen LogP contribution in [0.5, 0.6) is 0 Å². The van der Waals surface area contributed by atoms with Gasteiger partial charge in [-0.15, -0.1) is 11.3 Å². The Morgan fingerprint density at radius 2 is 1.85 bits per heavy atom. The maximum Gasteiger partial charge on any atom is 0.0566 e. The minimum atomic E-state index is 0.386. The molecule has 0 saturated carbocycles. The van der Waals surface area contributed by atoms with Crippen LogP contribution >= 0.6 is 11.3 Å². The van der Waals surface area contributed by atoms with Gasteiger partial charge in [0.05, 0.1) is 6.04 Å². The molecule has 1 atom stereocenters. The van der Waals surface area contributed by atoms with Gasteiger partial charge in [-0.2, -0.15) is 0 Å². The van der Waals surface area contributed by atoms with Crippen molar-refractivity contribution >= 4 is 11.3 Å². The largest absolute Gasteiger partial charge is 0.329 e. The number of nitrogens with two attached hydrogens (primary N) is 1. The summed E-state index contributed by atoms with van der Waals surface area (Å²) < 4.78 is 0. The van der Waals surface area contributed by atoms with Gasteiger partial charge in [-0.25, -0.2) is 0 Å². The summed E-state index contributed by atoms with van der Waals surface area (Å²) in [5.74, 6) is 0. The van der Waals surface area contributed by atoms with Gasteiger partial charge in [-0.3, -0.25) is 4.90 Å². The first-order valence-electron chi connectivity index (χ1n) is 7.88. The molecule has 1 heterocycles. The van der Waals surface area contributed by atoms with Gasteiger partial charge in [0.1, 0.15) is 0 Å². The van der Waals surface area contributed by atoms with Crippen molar-refractivity contribution in [2.75, 3.05) is 39.3 Å². The van der Waals surface area contributed by atoms with Crippen LogP contribution in [-0.2, 0) is 0 Å². The molecule has 20 heavy (non-hydrogen) atoms. The number of thiophene rings is 1. The van der Waals surface area contributed by atoms with E-state index in [0.29, 0.717) is 12.6 Å². The molecule has 1 unspecified atom stereocenters. The molecule has 4 heteroatoms. The topological polar surface area (TPSA) is 32.5 Å². The number of aryl methyl sites for hydroxylation is 1. The molecule has 0 amide bonds. The lowest BCUT2D eigenvalue weighted by Crippen LogP contribution is -2.36. The molecule has 0 saturated heterocycles. The fourth-order valence-corrected chi connectivity index (χ4v) is 3.79. The molecule has 1 aromatic heterocycles. The Bertz CT molecular complexity index is 360. The lowest BCUT2D eigenvalue weighted by atomic mass is 10.1. The molecule has 0 aliphatic heterocycles. The summed E-state index contributed by atoms with van der Waals surface area (Å²) in [6.45, 7) is 15.3. The van der Waals surface area contributed by atoms with Gasteiger partial charge in [0.15, 0.2) is 0 Å². The number of nitrogens with zero attached hydrogens (tertiary/aromatic N) is 2. The van der Waals surface area contributed by atoms with E-state index < -0.39 is 0 Å². The second-order valence-corrected chi connectivity index (χ2v) is 6.18. The predicted molar refractivity (Wildman–Crippen MR) is 90.5 cm³/mol. The first kappa shape index (κ1) is 17.6. The van der Waals surface area contributed by atoms with Crippen LogP contribution in [0, 0.1) is 6.92 Å². The Labute approximate surface area is 128 Å². The Morgan fingerprint density at radius 1 is 1.15 bits per heavy atom. The predicted octanol–water partition coefficient (Wildman–Crippen LogP) is 3.11. The maximum absolute atomic E-state index is 6.05. The second-order valence-electron chi connectivity index (χ2n) is 5.23. The van der Waals surface area contributed by atoms with Crippen molar-refractivity contribution in [2.24, 2.45) is 5.73 Å². The van der Waals surface area contributed by atoms with E-state index in [0.717, 1.165) is 26.2 Å². The van der Waals surface area contributed by atoms with E-state index in [9.17, 15) is 0 Å². The van der Waals surface area contributed by atoms with Crippen LogP contribution in [0.15, 0.2) is 11.4 Å². The monoisotopic (exact) mass is 297 g/mol. The van der Waals surface area contributed by atoms with Crippen molar-refractivity contribution in [2.45, 2.75) is 40.2 Å². The quantitative estimate of drug-likeness (QED) is 0.720. The zero-order chi connectivity index (χ0) is 15.0. The lowest BCUT2D eigenvalue weighted by Gasteiger charge is -2.30. The molecule has 1 rings (SSSR count). The van der Waals surface area contributed by atoms with Crippen LogP contribution in [0.25, 0.3) is 0 Å². The molecule has 0 aromatic carbocycles. The van der Waals surface area contributed by atoms with Crippen LogP contribution in [-0.4, -0.2) is 49.1 Å². The molecule has 3 nitrogen and oxygen atoms in total. The van der Waals surface area contributed by atoms with Crippen molar-refractivity contribution in [1.82, 2.24) is 9.80 Å². The van der Waals surface area contributed by atoms with E-state index in [1.54, 1.807) is 0 Å². The highest BCUT2D eigenvalue weighted by Gasteiger charge is 2.20. The van der Waals surface area contributed by atoms with Crippen molar-refractivity contribution in [3.63, 3.8) is 0 Å². The summed E-state index contributed by atoms with van der Waals surface area (Å²) in [4.78, 5) is 6.46. The third-order valence-electron chi connectivity index (χ3n) is 4.09. The van der Waals surface area contributed by atoms with E-state index in [1.165, 1.54) is 23.4 Å². The lowest BCUT2D eigenvalue weighted by molar-refractivity contribution is 0.195. The first-order chi connectivity index (χ1) is 9.67. The van der Waals surface area contributed by atoms with E-state index in [1.807, 2.05) is 11.3 Å². The summed E-state index contributed by atoms with van der Waals surface area (Å²) in [5, 5.41) is 2.18. The van der Waals surface area contributed by atoms with Gasteiger partial charge in [-0.05, 0) is 56.5 Å². The van der Waals surface area contributed by atoms with Crippen molar-refractivity contribution in [3.05, 3.63) is 21.9 Å². The Hall–Kier alpha value is -0.420. The summed E-state index contributed by atoms with van der Waals surface area (Å²) in [7, 11) is 0. The Balaban J connectivity index is 2.57. The SMILES string of the molecule is CCN(CC)CCCN(CC)C(CN)c1sccc1C. The van der Waals surface area contributed by atoms with E-state index in [4.69, 9.17) is 5.73 Å². The molecular weight excluding hydrogens is 266 g/mol. The maximum atomic E-state index is 6.05. The number of hydrogen-bond acceptors (Lipinski definition) is 4. The van der Waals surface area contributed by atoms with Gasteiger partial charge in [0.25, 0.3) is 0 Å². The number of rotatable bonds is 10. The summed E-state index contributed by atoms with van der Waals surface area (Å²) in [6, 6.07) is 2.59. The number of likely N-dealkylation sites (N-methyl/N-ethyl adjacent to an activating group) is 1. The van der Waals surface area contributed by atoms with E-state index in [-0.39, 0.29) is 0 Å². The molecule has 2 N–H and O–H groups in total. The molecule has 1 aromatic rings. The minimum Gasteiger partial charge on any atom is -0.329 e. The average Bonchev–Trinajstić information content (AvgIpc) is 2.88. The second kappa shape index (κ2) is 9.50. The zero-order valence-electron chi connectivity index (χ0n) is 13.6.